The minimum atomic E-state index is 0.103. The standard InChI is InChI=1S/C18H20N6O/c1-24-17-15(10-23-24)16(21-11-22-17)19-7-8-20-18(25)14-9-13(14)12-5-3-2-4-6-12/h2-6,10-11,13-14H,7-9H2,1H3,(H,20,25)(H,19,21,22)/t13-,14-/m1/s1. The summed E-state index contributed by atoms with van der Waals surface area (Å²) in [7, 11) is 1.85. The number of anilines is 1. The van der Waals surface area contributed by atoms with Crippen LogP contribution in [-0.2, 0) is 11.8 Å². The molecule has 128 valence electrons. The molecule has 7 nitrogen and oxygen atoms in total. The average Bonchev–Trinajstić information content (AvgIpc) is 3.37. The summed E-state index contributed by atoms with van der Waals surface area (Å²) in [6.45, 7) is 1.16. The van der Waals surface area contributed by atoms with Gasteiger partial charge in [-0.2, -0.15) is 5.10 Å². The van der Waals surface area contributed by atoms with Crippen LogP contribution in [0.2, 0.25) is 0 Å². The number of benzene rings is 1. The number of nitrogens with one attached hydrogen (secondary N) is 2. The van der Waals surface area contributed by atoms with Gasteiger partial charge in [-0.3, -0.25) is 9.48 Å². The summed E-state index contributed by atoms with van der Waals surface area (Å²) in [5.41, 5.74) is 2.03. The molecule has 2 aromatic heterocycles. The molecule has 7 heteroatoms. The van der Waals surface area contributed by atoms with E-state index in [0.29, 0.717) is 19.0 Å². The fourth-order valence-electron chi connectivity index (χ4n) is 3.15. The summed E-state index contributed by atoms with van der Waals surface area (Å²) in [4.78, 5) is 20.7. The molecule has 2 heterocycles. The number of rotatable bonds is 6. The predicted molar refractivity (Wildman–Crippen MR) is 95.1 cm³/mol. The first-order valence-corrected chi connectivity index (χ1v) is 8.43. The van der Waals surface area contributed by atoms with Crippen molar-refractivity contribution in [3.8, 4) is 0 Å². The Bertz CT molecular complexity index is 891. The van der Waals surface area contributed by atoms with Crippen molar-refractivity contribution in [1.82, 2.24) is 25.1 Å². The molecule has 0 unspecified atom stereocenters. The van der Waals surface area contributed by atoms with Crippen LogP contribution in [0.25, 0.3) is 11.0 Å². The summed E-state index contributed by atoms with van der Waals surface area (Å²) in [6.07, 6.45) is 4.19. The van der Waals surface area contributed by atoms with Crippen LogP contribution in [0.1, 0.15) is 17.9 Å². The van der Waals surface area contributed by atoms with Crippen LogP contribution in [0.3, 0.4) is 0 Å². The van der Waals surface area contributed by atoms with Crippen molar-refractivity contribution in [2.75, 3.05) is 18.4 Å². The van der Waals surface area contributed by atoms with E-state index in [1.807, 2.05) is 25.2 Å². The first kappa shape index (κ1) is 15.6. The highest BCUT2D eigenvalue weighted by Crippen LogP contribution is 2.47. The van der Waals surface area contributed by atoms with Crippen molar-refractivity contribution in [2.45, 2.75) is 12.3 Å². The van der Waals surface area contributed by atoms with E-state index >= 15 is 0 Å². The predicted octanol–water partition coefficient (Wildman–Crippen LogP) is 1.70. The lowest BCUT2D eigenvalue weighted by molar-refractivity contribution is -0.122. The number of nitrogens with zero attached hydrogens (tertiary/aromatic N) is 4. The molecule has 4 rings (SSSR count). The van der Waals surface area contributed by atoms with Gasteiger partial charge in [-0.25, -0.2) is 9.97 Å². The molecule has 2 N–H and O–H groups in total. The Hall–Kier alpha value is -2.96. The summed E-state index contributed by atoms with van der Waals surface area (Å²) < 4.78 is 1.71. The van der Waals surface area contributed by atoms with E-state index in [0.717, 1.165) is 23.3 Å². The number of hydrogen-bond acceptors (Lipinski definition) is 5. The second-order valence-electron chi connectivity index (χ2n) is 6.30. The van der Waals surface area contributed by atoms with Gasteiger partial charge in [-0.05, 0) is 17.9 Å². The van der Waals surface area contributed by atoms with E-state index in [-0.39, 0.29) is 11.8 Å². The van der Waals surface area contributed by atoms with Crippen molar-refractivity contribution in [3.63, 3.8) is 0 Å². The molecule has 2 atom stereocenters. The number of carbonyl (C=O) groups excluding carboxylic acids is 1. The first-order valence-electron chi connectivity index (χ1n) is 8.43. The van der Waals surface area contributed by atoms with Gasteiger partial charge in [-0.15, -0.1) is 0 Å². The lowest BCUT2D eigenvalue weighted by atomic mass is 10.1. The summed E-state index contributed by atoms with van der Waals surface area (Å²) >= 11 is 0. The Labute approximate surface area is 145 Å². The Morgan fingerprint density at radius 1 is 1.24 bits per heavy atom. The van der Waals surface area contributed by atoms with Crippen molar-refractivity contribution >= 4 is 22.8 Å². The van der Waals surface area contributed by atoms with Gasteiger partial charge in [-0.1, -0.05) is 30.3 Å². The Morgan fingerprint density at radius 2 is 2.08 bits per heavy atom. The summed E-state index contributed by atoms with van der Waals surface area (Å²) in [5.74, 6) is 1.34. The molecule has 1 amide bonds. The lowest BCUT2D eigenvalue weighted by Gasteiger charge is -2.08. The third kappa shape index (κ3) is 3.17. The third-order valence-electron chi connectivity index (χ3n) is 4.60. The van der Waals surface area contributed by atoms with E-state index < -0.39 is 0 Å². The first-order chi connectivity index (χ1) is 12.2. The summed E-state index contributed by atoms with van der Waals surface area (Å²) in [5, 5.41) is 11.3. The van der Waals surface area contributed by atoms with Crippen LogP contribution < -0.4 is 10.6 Å². The molecule has 0 aliphatic heterocycles. The topological polar surface area (TPSA) is 84.7 Å². The second-order valence-corrected chi connectivity index (χ2v) is 6.30. The van der Waals surface area contributed by atoms with Crippen molar-refractivity contribution < 1.29 is 4.79 Å². The molecule has 0 bridgehead atoms. The normalized spacial score (nSPS) is 18.9. The fraction of sp³-hybridized carbons (Fsp3) is 0.333. The minimum Gasteiger partial charge on any atom is -0.368 e. The number of fused-ring (bicyclic) bond motifs is 1. The third-order valence-corrected chi connectivity index (χ3v) is 4.60. The van der Waals surface area contributed by atoms with E-state index in [4.69, 9.17) is 0 Å². The molecule has 0 spiro atoms. The fourth-order valence-corrected chi connectivity index (χ4v) is 3.15. The van der Waals surface area contributed by atoms with Gasteiger partial charge in [0.2, 0.25) is 5.91 Å². The second kappa shape index (κ2) is 6.51. The molecule has 0 radical (unpaired) electrons. The molecule has 0 saturated heterocycles. The Kier molecular flexibility index (Phi) is 4.05. The molecular weight excluding hydrogens is 316 g/mol. The molecular formula is C18H20N6O. The van der Waals surface area contributed by atoms with Crippen LogP contribution in [0.5, 0.6) is 0 Å². The van der Waals surface area contributed by atoms with E-state index in [9.17, 15) is 4.79 Å². The van der Waals surface area contributed by atoms with Crippen molar-refractivity contribution in [1.29, 1.82) is 0 Å². The zero-order valence-corrected chi connectivity index (χ0v) is 14.0. The maximum atomic E-state index is 12.2. The molecule has 1 fully saturated rings. The number of hydrogen-bond donors (Lipinski definition) is 2. The van der Waals surface area contributed by atoms with Crippen LogP contribution in [0, 0.1) is 5.92 Å². The highest BCUT2D eigenvalue weighted by Gasteiger charge is 2.43. The van der Waals surface area contributed by atoms with Crippen LogP contribution >= 0.6 is 0 Å². The van der Waals surface area contributed by atoms with E-state index in [2.05, 4.69) is 37.8 Å². The van der Waals surface area contributed by atoms with Gasteiger partial charge in [0.1, 0.15) is 12.1 Å². The molecule has 1 aliphatic rings. The van der Waals surface area contributed by atoms with Crippen LogP contribution in [0.4, 0.5) is 5.82 Å². The minimum absolute atomic E-state index is 0.103. The smallest absolute Gasteiger partial charge is 0.223 e. The van der Waals surface area contributed by atoms with Gasteiger partial charge in [0.15, 0.2) is 5.65 Å². The lowest BCUT2D eigenvalue weighted by Crippen LogP contribution is -2.30. The molecule has 3 aromatic rings. The SMILES string of the molecule is Cn1ncc2c(NCCNC(=O)[C@@H]3C[C@@H]3c3ccccc3)ncnc21. The maximum absolute atomic E-state index is 12.2. The quantitative estimate of drug-likeness (QED) is 0.669. The van der Waals surface area contributed by atoms with Crippen molar-refractivity contribution in [3.05, 3.63) is 48.4 Å². The summed E-state index contributed by atoms with van der Waals surface area (Å²) in [6, 6.07) is 10.2. The zero-order chi connectivity index (χ0) is 17.2. The van der Waals surface area contributed by atoms with Gasteiger partial charge >= 0.3 is 0 Å². The molecule has 1 aromatic carbocycles. The molecule has 1 saturated carbocycles. The van der Waals surface area contributed by atoms with Gasteiger partial charge in [0.25, 0.3) is 0 Å². The van der Waals surface area contributed by atoms with Crippen molar-refractivity contribution in [2.24, 2.45) is 13.0 Å². The largest absolute Gasteiger partial charge is 0.368 e. The van der Waals surface area contributed by atoms with Crippen LogP contribution in [-0.4, -0.2) is 38.7 Å². The monoisotopic (exact) mass is 336 g/mol. The number of carbonyl (C=O) groups is 1. The number of aromatic nitrogens is 4. The highest BCUT2D eigenvalue weighted by atomic mass is 16.2. The Morgan fingerprint density at radius 3 is 2.92 bits per heavy atom. The van der Waals surface area contributed by atoms with Gasteiger partial charge in [0.05, 0.1) is 11.6 Å². The molecule has 25 heavy (non-hydrogen) atoms. The zero-order valence-electron chi connectivity index (χ0n) is 14.0. The van der Waals surface area contributed by atoms with E-state index in [1.54, 1.807) is 10.9 Å². The number of aryl methyl sites for hydroxylation is 1. The average molecular weight is 336 g/mol. The Balaban J connectivity index is 1.26. The van der Waals surface area contributed by atoms with Gasteiger partial charge < -0.3 is 10.6 Å². The van der Waals surface area contributed by atoms with Crippen LogP contribution in [0.15, 0.2) is 42.9 Å². The van der Waals surface area contributed by atoms with Gasteiger partial charge in [0, 0.05) is 26.1 Å². The molecule has 1 aliphatic carbocycles. The number of amides is 1. The maximum Gasteiger partial charge on any atom is 0.223 e. The highest BCUT2D eigenvalue weighted by molar-refractivity contribution is 5.86. The van der Waals surface area contributed by atoms with E-state index in [1.165, 1.54) is 11.9 Å².